The van der Waals surface area contributed by atoms with Crippen molar-refractivity contribution in [3.05, 3.63) is 73.0 Å². The van der Waals surface area contributed by atoms with Crippen LogP contribution in [0, 0.1) is 0 Å². The maximum Gasteiger partial charge on any atom is 0.268 e. The van der Waals surface area contributed by atoms with Crippen LogP contribution in [0.25, 0.3) is 22.1 Å². The fourth-order valence-electron chi connectivity index (χ4n) is 4.23. The Morgan fingerprint density at radius 3 is 2.62 bits per heavy atom. The highest BCUT2D eigenvalue weighted by atomic mass is 28.4. The molecule has 4 rings (SSSR count). The molecule has 0 fully saturated rings. The largest absolute Gasteiger partial charge is 0.493 e. The summed E-state index contributed by atoms with van der Waals surface area (Å²) in [6.07, 6.45) is 5.68. The lowest BCUT2D eigenvalue weighted by Crippen LogP contribution is -2.45. The Bertz CT molecular complexity index is 1370. The fourth-order valence-corrected chi connectivity index (χ4v) is 5.67. The zero-order valence-electron chi connectivity index (χ0n) is 22.5. The summed E-state index contributed by atoms with van der Waals surface area (Å²) in [6, 6.07) is 16.0. The number of carbonyl (C=O) groups excluding carboxylic acids is 1. The molecule has 0 aliphatic heterocycles. The van der Waals surface area contributed by atoms with Crippen LogP contribution in [-0.2, 0) is 4.43 Å². The van der Waals surface area contributed by atoms with Crippen molar-refractivity contribution in [2.45, 2.75) is 64.4 Å². The normalized spacial score (nSPS) is 14.0. The summed E-state index contributed by atoms with van der Waals surface area (Å²) in [5, 5.41) is 2.21. The Morgan fingerprint density at radius 2 is 1.92 bits per heavy atom. The summed E-state index contributed by atoms with van der Waals surface area (Å²) in [7, 11) is -2.02. The highest BCUT2D eigenvalue weighted by Crippen LogP contribution is 2.39. The fraction of sp³-hybridized carbons (Fsp3) is 0.379. The third kappa shape index (κ3) is 5.97. The number of aromatic nitrogens is 2. The zero-order chi connectivity index (χ0) is 26.8. The van der Waals surface area contributed by atoms with Crippen LogP contribution in [0.3, 0.4) is 0 Å². The number of rotatable bonds is 10. The van der Waals surface area contributed by atoms with Crippen LogP contribution < -0.4 is 10.5 Å². The molecule has 2 aromatic heterocycles. The van der Waals surface area contributed by atoms with Crippen LogP contribution in [0.2, 0.25) is 18.1 Å². The standard InChI is InChI=1S/C29H37N3O4Si/c1-20(36-37(5,6)29(2,3)4)26(32-17-25(28(30)33)31-19-32)14-15-34-23-12-9-11-21(16-23)27-24-13-8-7-10-22(24)18-35-27/h7-13,16-20,26H,14-15H2,1-6H3,(H2,30,33)/t20-,26+/m0/s1. The smallest absolute Gasteiger partial charge is 0.268 e. The van der Waals surface area contributed by atoms with Gasteiger partial charge in [-0.15, -0.1) is 0 Å². The summed E-state index contributed by atoms with van der Waals surface area (Å²) in [5.74, 6) is 1.04. The molecule has 0 aliphatic rings. The third-order valence-electron chi connectivity index (χ3n) is 7.35. The second kappa shape index (κ2) is 10.6. The third-order valence-corrected chi connectivity index (χ3v) is 11.9. The van der Waals surface area contributed by atoms with Gasteiger partial charge >= 0.3 is 0 Å². The summed E-state index contributed by atoms with van der Waals surface area (Å²) >= 11 is 0. The first-order valence-corrected chi connectivity index (χ1v) is 15.6. The molecule has 0 radical (unpaired) electrons. The van der Waals surface area contributed by atoms with Gasteiger partial charge < -0.3 is 23.9 Å². The molecule has 8 heteroatoms. The van der Waals surface area contributed by atoms with E-state index < -0.39 is 14.2 Å². The van der Waals surface area contributed by atoms with Crippen molar-refractivity contribution in [2.24, 2.45) is 5.73 Å². The van der Waals surface area contributed by atoms with E-state index in [2.05, 4.69) is 51.8 Å². The minimum atomic E-state index is -2.02. The number of benzene rings is 2. The van der Waals surface area contributed by atoms with Crippen molar-refractivity contribution in [2.75, 3.05) is 6.61 Å². The van der Waals surface area contributed by atoms with Gasteiger partial charge in [0, 0.05) is 29.0 Å². The summed E-state index contributed by atoms with van der Waals surface area (Å²) < 4.78 is 20.7. The number of nitrogens with two attached hydrogens (primary N) is 1. The predicted molar refractivity (Wildman–Crippen MR) is 149 cm³/mol. The van der Waals surface area contributed by atoms with E-state index >= 15 is 0 Å². The lowest BCUT2D eigenvalue weighted by atomic mass is 10.1. The van der Waals surface area contributed by atoms with Gasteiger partial charge in [-0.05, 0) is 37.2 Å². The molecule has 0 spiro atoms. The van der Waals surface area contributed by atoms with Gasteiger partial charge in [-0.1, -0.05) is 57.2 Å². The number of carbonyl (C=O) groups is 1. The Morgan fingerprint density at radius 1 is 1.16 bits per heavy atom. The minimum absolute atomic E-state index is 0.0755. The molecule has 0 aliphatic carbocycles. The van der Waals surface area contributed by atoms with Crippen LogP contribution in [-0.4, -0.2) is 36.5 Å². The van der Waals surface area contributed by atoms with Crippen LogP contribution in [0.15, 0.2) is 71.7 Å². The average Bonchev–Trinajstić information content (AvgIpc) is 3.49. The van der Waals surface area contributed by atoms with Gasteiger partial charge in [0.15, 0.2) is 8.32 Å². The Balaban J connectivity index is 1.50. The van der Waals surface area contributed by atoms with E-state index in [1.807, 2.05) is 47.0 Å². The predicted octanol–water partition coefficient (Wildman–Crippen LogP) is 6.82. The molecule has 37 heavy (non-hydrogen) atoms. The number of hydrogen-bond acceptors (Lipinski definition) is 5. The molecule has 196 valence electrons. The lowest BCUT2D eigenvalue weighted by Gasteiger charge is -2.40. The number of nitrogens with zero attached hydrogens (tertiary/aromatic N) is 2. The van der Waals surface area contributed by atoms with Gasteiger partial charge in [-0.2, -0.15) is 0 Å². The summed E-state index contributed by atoms with van der Waals surface area (Å²) in [6.45, 7) is 13.7. The Labute approximate surface area is 219 Å². The van der Waals surface area contributed by atoms with Crippen molar-refractivity contribution >= 4 is 25.0 Å². The molecule has 0 unspecified atom stereocenters. The molecule has 2 heterocycles. The number of imidazole rings is 1. The second-order valence-electron chi connectivity index (χ2n) is 11.0. The van der Waals surface area contributed by atoms with E-state index in [4.69, 9.17) is 19.3 Å². The van der Waals surface area contributed by atoms with Crippen molar-refractivity contribution < 1.29 is 18.4 Å². The Kier molecular flexibility index (Phi) is 7.61. The van der Waals surface area contributed by atoms with Crippen LogP contribution in [0.1, 0.15) is 50.6 Å². The van der Waals surface area contributed by atoms with Gasteiger partial charge in [0.05, 0.1) is 31.3 Å². The Hall–Kier alpha value is -3.36. The molecular formula is C29H37N3O4Si. The maximum atomic E-state index is 11.7. The maximum absolute atomic E-state index is 11.7. The first-order valence-electron chi connectivity index (χ1n) is 12.7. The molecule has 2 atom stereocenters. The van der Waals surface area contributed by atoms with Gasteiger partial charge in [-0.25, -0.2) is 4.98 Å². The van der Waals surface area contributed by atoms with Crippen molar-refractivity contribution in [3.8, 4) is 17.1 Å². The zero-order valence-corrected chi connectivity index (χ0v) is 23.5. The summed E-state index contributed by atoms with van der Waals surface area (Å²) in [4.78, 5) is 15.9. The molecule has 0 bridgehead atoms. The quantitative estimate of drug-likeness (QED) is 0.232. The molecule has 2 aromatic carbocycles. The van der Waals surface area contributed by atoms with Crippen molar-refractivity contribution in [3.63, 3.8) is 0 Å². The number of amides is 1. The number of hydrogen-bond donors (Lipinski definition) is 1. The molecule has 1 amide bonds. The molecule has 0 saturated heterocycles. The lowest BCUT2D eigenvalue weighted by molar-refractivity contribution is 0.0994. The van der Waals surface area contributed by atoms with Crippen LogP contribution >= 0.6 is 0 Å². The van der Waals surface area contributed by atoms with Gasteiger partial charge in [-0.3, -0.25) is 4.79 Å². The number of furan rings is 1. The van der Waals surface area contributed by atoms with Gasteiger partial charge in [0.2, 0.25) is 0 Å². The first-order chi connectivity index (χ1) is 17.5. The van der Waals surface area contributed by atoms with Crippen molar-refractivity contribution in [1.29, 1.82) is 0 Å². The van der Waals surface area contributed by atoms with E-state index in [1.165, 1.54) is 0 Å². The highest BCUT2D eigenvalue weighted by molar-refractivity contribution is 6.74. The first kappa shape index (κ1) is 26.7. The second-order valence-corrected chi connectivity index (χ2v) is 15.8. The number of fused-ring (bicyclic) bond motifs is 1. The molecule has 7 nitrogen and oxygen atoms in total. The monoisotopic (exact) mass is 519 g/mol. The minimum Gasteiger partial charge on any atom is -0.493 e. The van der Waals surface area contributed by atoms with E-state index in [1.54, 1.807) is 18.8 Å². The van der Waals surface area contributed by atoms with Crippen molar-refractivity contribution in [1.82, 2.24) is 9.55 Å². The summed E-state index contributed by atoms with van der Waals surface area (Å²) in [5.41, 5.74) is 6.66. The molecule has 0 saturated carbocycles. The SMILES string of the molecule is C[C@H](O[Si](C)(C)C(C)(C)C)[C@@H](CCOc1cccc(-c2occ3ccccc23)c1)n1cnc(C(N)=O)c1. The van der Waals surface area contributed by atoms with E-state index in [0.717, 1.165) is 27.8 Å². The van der Waals surface area contributed by atoms with Gasteiger partial charge in [0.25, 0.3) is 5.91 Å². The molecular weight excluding hydrogens is 482 g/mol. The highest BCUT2D eigenvalue weighted by Gasteiger charge is 2.40. The topological polar surface area (TPSA) is 92.5 Å². The van der Waals surface area contributed by atoms with Gasteiger partial charge in [0.1, 0.15) is 17.2 Å². The van der Waals surface area contributed by atoms with E-state index in [0.29, 0.717) is 13.0 Å². The van der Waals surface area contributed by atoms with Crippen LogP contribution in [0.4, 0.5) is 0 Å². The van der Waals surface area contributed by atoms with E-state index in [-0.39, 0.29) is 22.9 Å². The van der Waals surface area contributed by atoms with Crippen LogP contribution in [0.5, 0.6) is 5.75 Å². The number of primary amides is 1. The molecule has 2 N–H and O–H groups in total. The molecule has 4 aromatic rings. The van der Waals surface area contributed by atoms with E-state index in [9.17, 15) is 4.79 Å². The average molecular weight is 520 g/mol. The number of ether oxygens (including phenoxy) is 1.